The molecule has 3 aromatic carbocycles. The topological polar surface area (TPSA) is 102 Å². The van der Waals surface area contributed by atoms with Crippen molar-refractivity contribution in [3.05, 3.63) is 76.9 Å². The molecule has 0 fully saturated rings. The van der Waals surface area contributed by atoms with E-state index in [2.05, 4.69) is 4.98 Å². The molecule has 10 heteroatoms. The molecule has 1 N–H and O–H groups in total. The Labute approximate surface area is 263 Å². The largest absolute Gasteiger partial charge is 0.487 e. The number of ether oxygens (including phenoxy) is 2. The number of aromatic nitrogens is 2. The number of amides is 1. The van der Waals surface area contributed by atoms with Crippen molar-refractivity contribution in [3.8, 4) is 44.5 Å². The lowest BCUT2D eigenvalue weighted by atomic mass is 9.92. The lowest BCUT2D eigenvalue weighted by molar-refractivity contribution is -0.136. The number of carboxylic acids is 1. The fourth-order valence-electron chi connectivity index (χ4n) is 5.29. The highest BCUT2D eigenvalue weighted by Crippen LogP contribution is 2.45. The minimum Gasteiger partial charge on any atom is -0.487 e. The van der Waals surface area contributed by atoms with Crippen LogP contribution in [-0.4, -0.2) is 46.2 Å². The van der Waals surface area contributed by atoms with Gasteiger partial charge in [0.1, 0.15) is 22.1 Å². The van der Waals surface area contributed by atoms with Crippen LogP contribution in [0.25, 0.3) is 43.2 Å². The van der Waals surface area contributed by atoms with Gasteiger partial charge in [0.25, 0.3) is 5.91 Å². The molecule has 0 saturated heterocycles. The predicted molar refractivity (Wildman–Crippen MR) is 174 cm³/mol. The number of rotatable bonds is 6. The molecule has 0 aliphatic carbocycles. The number of likely N-dealkylation sites (N-methyl/N-ethyl adjacent to an activating group) is 1. The van der Waals surface area contributed by atoms with Gasteiger partial charge in [0.15, 0.2) is 6.61 Å². The number of hydrogen-bond donors (Lipinski definition) is 1. The molecule has 5 aromatic rings. The molecule has 0 atom stereocenters. The van der Waals surface area contributed by atoms with Gasteiger partial charge in [-0.25, -0.2) is 4.98 Å². The van der Waals surface area contributed by atoms with E-state index >= 15 is 0 Å². The van der Waals surface area contributed by atoms with Crippen molar-refractivity contribution in [2.24, 2.45) is 0 Å². The van der Waals surface area contributed by atoms with E-state index in [1.165, 1.54) is 11.3 Å². The average Bonchev–Trinajstić information content (AvgIpc) is 3.38. The lowest BCUT2D eigenvalue weighted by Gasteiger charge is -2.26. The summed E-state index contributed by atoms with van der Waals surface area (Å²) in [7, 11) is 1.73. The van der Waals surface area contributed by atoms with Crippen molar-refractivity contribution >= 4 is 50.7 Å². The molecule has 1 amide bonds. The highest BCUT2D eigenvalue weighted by atomic mass is 35.5. The Hall–Kier alpha value is -4.47. The molecule has 0 saturated carbocycles. The smallest absolute Gasteiger partial charge is 0.307 e. The van der Waals surface area contributed by atoms with Crippen LogP contribution in [0.3, 0.4) is 0 Å². The first kappa shape index (κ1) is 29.6. The Morgan fingerprint density at radius 1 is 1.11 bits per heavy atom. The Morgan fingerprint density at radius 2 is 1.91 bits per heavy atom. The van der Waals surface area contributed by atoms with E-state index in [0.29, 0.717) is 27.8 Å². The summed E-state index contributed by atoms with van der Waals surface area (Å²) >= 11 is 7.88. The highest BCUT2D eigenvalue weighted by Gasteiger charge is 2.25. The van der Waals surface area contributed by atoms with E-state index in [-0.39, 0.29) is 18.9 Å². The summed E-state index contributed by atoms with van der Waals surface area (Å²) in [4.78, 5) is 35.4. The molecule has 1 aliphatic rings. The molecule has 0 spiro atoms. The average molecular weight is 628 g/mol. The Kier molecular flexibility index (Phi) is 7.55. The number of aryl methyl sites for hydroxylation is 1. The highest BCUT2D eigenvalue weighted by molar-refractivity contribution is 7.22. The molecule has 44 heavy (non-hydrogen) atoms. The summed E-state index contributed by atoms with van der Waals surface area (Å²) in [6.45, 7) is 7.80. The molecule has 0 radical (unpaired) electrons. The number of aliphatic carboxylic acids is 1. The Morgan fingerprint density at radius 3 is 2.66 bits per heavy atom. The SMILES string of the molecule is Cc1cc2nc(-c3ccnc(-c4ccc5c(c4)N(C)C(=O)CO5)c3)sc2c(-c2ccc(Cl)cc2OC(C)(C)C)c1CC(=O)O. The van der Waals surface area contributed by atoms with E-state index in [1.54, 1.807) is 30.3 Å². The van der Waals surface area contributed by atoms with Gasteiger partial charge in [0.05, 0.1) is 28.0 Å². The van der Waals surface area contributed by atoms with Crippen LogP contribution in [-0.2, 0) is 16.0 Å². The maximum atomic E-state index is 12.2. The number of benzene rings is 3. The number of pyridine rings is 1. The predicted octanol–water partition coefficient (Wildman–Crippen LogP) is 7.81. The van der Waals surface area contributed by atoms with Gasteiger partial charge in [0, 0.05) is 40.5 Å². The maximum absolute atomic E-state index is 12.2. The number of thiazole rings is 1. The lowest BCUT2D eigenvalue weighted by Crippen LogP contribution is -2.35. The second-order valence-electron chi connectivity index (χ2n) is 11.7. The van der Waals surface area contributed by atoms with Crippen molar-refractivity contribution in [3.63, 3.8) is 0 Å². The van der Waals surface area contributed by atoms with Gasteiger partial charge in [0.2, 0.25) is 0 Å². The van der Waals surface area contributed by atoms with Crippen LogP contribution in [0.2, 0.25) is 5.02 Å². The van der Waals surface area contributed by atoms with Crippen LogP contribution in [0.15, 0.2) is 60.8 Å². The number of carbonyl (C=O) groups is 2. The zero-order chi connectivity index (χ0) is 31.3. The summed E-state index contributed by atoms with van der Waals surface area (Å²) in [5, 5.41) is 11.1. The van der Waals surface area contributed by atoms with E-state index in [0.717, 1.165) is 48.7 Å². The van der Waals surface area contributed by atoms with Gasteiger partial charge in [-0.1, -0.05) is 11.6 Å². The number of nitrogens with zero attached hydrogens (tertiary/aromatic N) is 3. The van der Waals surface area contributed by atoms with E-state index in [1.807, 2.05) is 70.2 Å². The zero-order valence-corrected chi connectivity index (χ0v) is 26.5. The first-order valence-electron chi connectivity index (χ1n) is 14.0. The number of carboxylic acid groups (broad SMARTS) is 1. The summed E-state index contributed by atoms with van der Waals surface area (Å²) < 4.78 is 12.8. The van der Waals surface area contributed by atoms with E-state index in [9.17, 15) is 14.7 Å². The first-order valence-corrected chi connectivity index (χ1v) is 15.2. The van der Waals surface area contributed by atoms with Gasteiger partial charge in [-0.05, 0) is 93.4 Å². The maximum Gasteiger partial charge on any atom is 0.307 e. The fourth-order valence-corrected chi connectivity index (χ4v) is 6.58. The van der Waals surface area contributed by atoms with Crippen molar-refractivity contribution < 1.29 is 24.2 Å². The molecule has 3 heterocycles. The summed E-state index contributed by atoms with van der Waals surface area (Å²) in [5.74, 6) is 0.183. The molecule has 8 nitrogen and oxygen atoms in total. The van der Waals surface area contributed by atoms with E-state index in [4.69, 9.17) is 26.1 Å². The monoisotopic (exact) mass is 627 g/mol. The van der Waals surface area contributed by atoms with Crippen molar-refractivity contribution in [1.29, 1.82) is 0 Å². The number of halogens is 1. The van der Waals surface area contributed by atoms with Crippen molar-refractivity contribution in [2.75, 3.05) is 18.6 Å². The van der Waals surface area contributed by atoms with Crippen LogP contribution < -0.4 is 14.4 Å². The second-order valence-corrected chi connectivity index (χ2v) is 13.1. The Balaban J connectivity index is 1.50. The molecule has 0 unspecified atom stereocenters. The molecule has 1 aliphatic heterocycles. The molecule has 2 aromatic heterocycles. The molecule has 0 bridgehead atoms. The summed E-state index contributed by atoms with van der Waals surface area (Å²) in [6.07, 6.45) is 1.58. The van der Waals surface area contributed by atoms with Crippen LogP contribution in [0.5, 0.6) is 11.5 Å². The fraction of sp³-hybridized carbons (Fsp3) is 0.235. The standard InChI is InChI=1S/C34H30ClN3O5S/c1-18-12-25-32(31(23(18)16-30(40)41)22-8-7-21(35)15-28(22)43-34(2,3)4)44-33(37-25)20-10-11-36-24(13-20)19-6-9-27-26(14-19)38(5)29(39)17-42-27/h6-15H,16-17H2,1-5H3,(H,40,41). The number of carbonyl (C=O) groups excluding carboxylic acids is 1. The normalized spacial score (nSPS) is 13.1. The summed E-state index contributed by atoms with van der Waals surface area (Å²) in [6, 6.07) is 16.9. The van der Waals surface area contributed by atoms with E-state index < -0.39 is 11.6 Å². The molecular formula is C34H30ClN3O5S. The first-order chi connectivity index (χ1) is 20.9. The van der Waals surface area contributed by atoms with Gasteiger partial charge in [-0.2, -0.15) is 0 Å². The summed E-state index contributed by atoms with van der Waals surface area (Å²) in [5.41, 5.74) is 6.42. The number of hydrogen-bond acceptors (Lipinski definition) is 7. The quantitative estimate of drug-likeness (QED) is 0.205. The van der Waals surface area contributed by atoms with Gasteiger partial charge >= 0.3 is 5.97 Å². The third-order valence-electron chi connectivity index (χ3n) is 7.32. The van der Waals surface area contributed by atoms with Crippen LogP contribution in [0.1, 0.15) is 31.9 Å². The van der Waals surface area contributed by atoms with Gasteiger partial charge < -0.3 is 19.5 Å². The third kappa shape index (κ3) is 5.73. The molecule has 224 valence electrons. The van der Waals surface area contributed by atoms with Crippen molar-refractivity contribution in [2.45, 2.75) is 39.7 Å². The van der Waals surface area contributed by atoms with Gasteiger partial charge in [-0.15, -0.1) is 11.3 Å². The van der Waals surface area contributed by atoms with Crippen molar-refractivity contribution in [1.82, 2.24) is 9.97 Å². The minimum atomic E-state index is -0.924. The Bertz CT molecular complexity index is 1960. The third-order valence-corrected chi connectivity index (χ3v) is 8.69. The number of anilines is 1. The zero-order valence-electron chi connectivity index (χ0n) is 24.9. The molecule has 6 rings (SSSR count). The van der Waals surface area contributed by atoms with Crippen LogP contribution >= 0.6 is 22.9 Å². The minimum absolute atomic E-state index is 0.0175. The number of fused-ring (bicyclic) bond motifs is 2. The van der Waals surface area contributed by atoms with Gasteiger partial charge in [-0.3, -0.25) is 14.6 Å². The van der Waals surface area contributed by atoms with Crippen LogP contribution in [0, 0.1) is 6.92 Å². The van der Waals surface area contributed by atoms with Crippen LogP contribution in [0.4, 0.5) is 5.69 Å². The molecular weight excluding hydrogens is 598 g/mol. The second kappa shape index (κ2) is 11.2.